The van der Waals surface area contributed by atoms with Crippen molar-refractivity contribution in [3.8, 4) is 0 Å². The van der Waals surface area contributed by atoms with Crippen molar-refractivity contribution < 1.29 is 4.79 Å². The Hall–Kier alpha value is -0.670. The summed E-state index contributed by atoms with van der Waals surface area (Å²) in [5.74, 6) is 0.286. The molecular weight excluding hydrogens is 230 g/mol. The second-order valence-corrected chi connectivity index (χ2v) is 6.49. The maximum atomic E-state index is 11.6. The molecule has 0 amide bonds. The fourth-order valence-corrected chi connectivity index (χ4v) is 2.65. The second kappa shape index (κ2) is 4.91. The molecule has 0 radical (unpaired) electrons. The van der Waals surface area contributed by atoms with E-state index in [1.165, 1.54) is 18.4 Å². The molecule has 1 aliphatic carbocycles. The summed E-state index contributed by atoms with van der Waals surface area (Å²) < 4.78 is 0. The molecule has 0 saturated heterocycles. The Balaban J connectivity index is 2.00. The smallest absolute Gasteiger partial charge is 0.136 e. The van der Waals surface area contributed by atoms with E-state index in [0.717, 1.165) is 13.1 Å². The van der Waals surface area contributed by atoms with Crippen molar-refractivity contribution in [1.82, 2.24) is 4.90 Å². The number of thiophene rings is 1. The zero-order valence-corrected chi connectivity index (χ0v) is 11.7. The van der Waals surface area contributed by atoms with Crippen molar-refractivity contribution in [3.63, 3.8) is 0 Å². The van der Waals surface area contributed by atoms with Crippen LogP contribution in [0.2, 0.25) is 0 Å². The fraction of sp³-hybridized carbons (Fsp3) is 0.643. The standard InChI is InChI=1S/C14H21NOS/c1-11(16)14(2,3)10-15(13-4-5-13)8-12-6-7-17-9-12/h6-7,9,13H,4-5,8,10H2,1-3H3. The Morgan fingerprint density at radius 2 is 2.24 bits per heavy atom. The minimum absolute atomic E-state index is 0.224. The van der Waals surface area contributed by atoms with Crippen LogP contribution in [0.15, 0.2) is 16.8 Å². The Morgan fingerprint density at radius 1 is 1.53 bits per heavy atom. The van der Waals surface area contributed by atoms with E-state index >= 15 is 0 Å². The minimum atomic E-state index is -0.224. The molecule has 3 heteroatoms. The third-order valence-corrected chi connectivity index (χ3v) is 4.31. The lowest BCUT2D eigenvalue weighted by Gasteiger charge is -2.30. The van der Waals surface area contributed by atoms with Gasteiger partial charge in [-0.1, -0.05) is 13.8 Å². The largest absolute Gasteiger partial charge is 0.299 e. The van der Waals surface area contributed by atoms with Gasteiger partial charge < -0.3 is 0 Å². The number of rotatable bonds is 6. The molecule has 1 aliphatic rings. The van der Waals surface area contributed by atoms with Crippen molar-refractivity contribution in [1.29, 1.82) is 0 Å². The SMILES string of the molecule is CC(=O)C(C)(C)CN(Cc1ccsc1)C1CC1. The summed E-state index contributed by atoms with van der Waals surface area (Å²) in [7, 11) is 0. The number of carbonyl (C=O) groups excluding carboxylic acids is 1. The first kappa shape index (κ1) is 12.8. The maximum Gasteiger partial charge on any atom is 0.136 e. The highest BCUT2D eigenvalue weighted by Crippen LogP contribution is 2.32. The molecule has 0 unspecified atom stereocenters. The van der Waals surface area contributed by atoms with E-state index in [1.807, 2.05) is 0 Å². The van der Waals surface area contributed by atoms with Gasteiger partial charge in [0.1, 0.15) is 5.78 Å². The minimum Gasteiger partial charge on any atom is -0.299 e. The van der Waals surface area contributed by atoms with E-state index in [4.69, 9.17) is 0 Å². The van der Waals surface area contributed by atoms with Crippen LogP contribution in [-0.4, -0.2) is 23.3 Å². The maximum absolute atomic E-state index is 11.6. The van der Waals surface area contributed by atoms with Crippen LogP contribution in [0.5, 0.6) is 0 Å². The first-order valence-corrected chi connectivity index (χ1v) is 7.19. The number of nitrogens with zero attached hydrogens (tertiary/aromatic N) is 1. The third kappa shape index (κ3) is 3.39. The van der Waals surface area contributed by atoms with Gasteiger partial charge in [0.15, 0.2) is 0 Å². The predicted octanol–water partition coefficient (Wildman–Crippen LogP) is 3.33. The van der Waals surface area contributed by atoms with Crippen LogP contribution in [0.25, 0.3) is 0 Å². The summed E-state index contributed by atoms with van der Waals surface area (Å²) in [6, 6.07) is 2.88. The normalized spacial score (nSPS) is 16.5. The van der Waals surface area contributed by atoms with Crippen LogP contribution in [0.4, 0.5) is 0 Å². The lowest BCUT2D eigenvalue weighted by atomic mass is 9.88. The molecule has 0 bridgehead atoms. The third-order valence-electron chi connectivity index (χ3n) is 3.58. The molecule has 0 N–H and O–H groups in total. The van der Waals surface area contributed by atoms with Crippen molar-refractivity contribution in [3.05, 3.63) is 22.4 Å². The van der Waals surface area contributed by atoms with Crippen LogP contribution in [0, 0.1) is 5.41 Å². The van der Waals surface area contributed by atoms with E-state index in [2.05, 4.69) is 35.6 Å². The number of Topliss-reactive ketones (excluding diaryl/α,β-unsaturated/α-hetero) is 1. The molecule has 94 valence electrons. The first-order valence-electron chi connectivity index (χ1n) is 6.25. The zero-order valence-electron chi connectivity index (χ0n) is 10.9. The molecule has 0 aliphatic heterocycles. The Labute approximate surface area is 108 Å². The van der Waals surface area contributed by atoms with Gasteiger partial charge in [-0.3, -0.25) is 9.69 Å². The number of ketones is 1. The molecule has 0 atom stereocenters. The number of carbonyl (C=O) groups is 1. The first-order chi connectivity index (χ1) is 7.99. The van der Waals surface area contributed by atoms with Gasteiger partial charge in [0.05, 0.1) is 0 Å². The molecule has 0 spiro atoms. The molecule has 2 nitrogen and oxygen atoms in total. The summed E-state index contributed by atoms with van der Waals surface area (Å²) in [5.41, 5.74) is 1.15. The lowest BCUT2D eigenvalue weighted by molar-refractivity contribution is -0.126. The molecule has 1 heterocycles. The van der Waals surface area contributed by atoms with Gasteiger partial charge in [0, 0.05) is 24.5 Å². The highest BCUT2D eigenvalue weighted by atomic mass is 32.1. The van der Waals surface area contributed by atoms with E-state index in [-0.39, 0.29) is 11.2 Å². The summed E-state index contributed by atoms with van der Waals surface area (Å²) in [5, 5.41) is 4.33. The molecule has 2 rings (SSSR count). The van der Waals surface area contributed by atoms with Crippen LogP contribution in [-0.2, 0) is 11.3 Å². The molecule has 0 aromatic carbocycles. The molecule has 1 aromatic heterocycles. The Kier molecular flexibility index (Phi) is 3.69. The highest BCUT2D eigenvalue weighted by molar-refractivity contribution is 7.07. The van der Waals surface area contributed by atoms with E-state index in [1.54, 1.807) is 18.3 Å². The van der Waals surface area contributed by atoms with Crippen molar-refractivity contribution in [2.75, 3.05) is 6.54 Å². The van der Waals surface area contributed by atoms with Crippen LogP contribution in [0.3, 0.4) is 0 Å². The zero-order chi connectivity index (χ0) is 12.5. The molecule has 1 fully saturated rings. The topological polar surface area (TPSA) is 20.3 Å². The summed E-state index contributed by atoms with van der Waals surface area (Å²) in [6.07, 6.45) is 2.58. The van der Waals surface area contributed by atoms with Crippen LogP contribution in [0.1, 0.15) is 39.2 Å². The van der Waals surface area contributed by atoms with Crippen molar-refractivity contribution >= 4 is 17.1 Å². The monoisotopic (exact) mass is 251 g/mol. The summed E-state index contributed by atoms with van der Waals surface area (Å²) in [4.78, 5) is 14.1. The van der Waals surface area contributed by atoms with Crippen LogP contribution >= 0.6 is 11.3 Å². The molecule has 1 saturated carbocycles. The number of hydrogen-bond donors (Lipinski definition) is 0. The van der Waals surface area contributed by atoms with Gasteiger partial charge >= 0.3 is 0 Å². The lowest BCUT2D eigenvalue weighted by Crippen LogP contribution is -2.39. The van der Waals surface area contributed by atoms with Gasteiger partial charge in [-0.2, -0.15) is 11.3 Å². The van der Waals surface area contributed by atoms with Gasteiger partial charge in [-0.05, 0) is 42.2 Å². The van der Waals surface area contributed by atoms with Gasteiger partial charge in [0.2, 0.25) is 0 Å². The Bertz CT molecular complexity index is 379. The van der Waals surface area contributed by atoms with Crippen molar-refractivity contribution in [2.24, 2.45) is 5.41 Å². The highest BCUT2D eigenvalue weighted by Gasteiger charge is 2.34. The molecular formula is C14H21NOS. The molecule has 17 heavy (non-hydrogen) atoms. The van der Waals surface area contributed by atoms with Crippen molar-refractivity contribution in [2.45, 2.75) is 46.2 Å². The molecule has 1 aromatic rings. The second-order valence-electron chi connectivity index (χ2n) is 5.71. The van der Waals surface area contributed by atoms with E-state index < -0.39 is 0 Å². The average Bonchev–Trinajstić information content (AvgIpc) is 2.97. The summed E-state index contributed by atoms with van der Waals surface area (Å²) in [6.45, 7) is 7.68. The van der Waals surface area contributed by atoms with Crippen LogP contribution < -0.4 is 0 Å². The van der Waals surface area contributed by atoms with E-state index in [9.17, 15) is 4.79 Å². The number of hydrogen-bond acceptors (Lipinski definition) is 3. The van der Waals surface area contributed by atoms with Gasteiger partial charge in [0.25, 0.3) is 0 Å². The predicted molar refractivity (Wildman–Crippen MR) is 72.2 cm³/mol. The van der Waals surface area contributed by atoms with Gasteiger partial charge in [-0.25, -0.2) is 0 Å². The Morgan fingerprint density at radius 3 is 2.71 bits per heavy atom. The quantitative estimate of drug-likeness (QED) is 0.773. The summed E-state index contributed by atoms with van der Waals surface area (Å²) >= 11 is 1.74. The van der Waals surface area contributed by atoms with Gasteiger partial charge in [-0.15, -0.1) is 0 Å². The fourth-order valence-electron chi connectivity index (χ4n) is 1.99. The average molecular weight is 251 g/mol. The van der Waals surface area contributed by atoms with E-state index in [0.29, 0.717) is 6.04 Å².